The Bertz CT molecular complexity index is 244. The second kappa shape index (κ2) is 3.89. The summed E-state index contributed by atoms with van der Waals surface area (Å²) < 4.78 is 2.13. The average molecular weight is 180 g/mol. The van der Waals surface area contributed by atoms with Gasteiger partial charge in [-0.25, -0.2) is 9.99 Å². The van der Waals surface area contributed by atoms with Gasteiger partial charge in [-0.3, -0.25) is 5.84 Å². The van der Waals surface area contributed by atoms with Crippen LogP contribution >= 0.6 is 0 Å². The first-order valence-corrected chi connectivity index (χ1v) is 4.80. The summed E-state index contributed by atoms with van der Waals surface area (Å²) >= 11 is 0. The third-order valence-corrected chi connectivity index (χ3v) is 2.58. The summed E-state index contributed by atoms with van der Waals surface area (Å²) in [6, 6.07) is 0. The number of hydrogen-bond donors (Lipinski definition) is 1. The summed E-state index contributed by atoms with van der Waals surface area (Å²) in [4.78, 5) is 4.02. The van der Waals surface area contributed by atoms with Gasteiger partial charge in [0.2, 0.25) is 0 Å². The van der Waals surface area contributed by atoms with Crippen LogP contribution in [0.4, 0.5) is 0 Å². The lowest BCUT2D eigenvalue weighted by atomic mass is 9.99. The molecule has 1 saturated heterocycles. The molecule has 1 aromatic rings. The third kappa shape index (κ3) is 2.29. The number of aromatic nitrogens is 2. The zero-order valence-corrected chi connectivity index (χ0v) is 7.76. The average Bonchev–Trinajstić information content (AvgIpc) is 2.57. The zero-order chi connectivity index (χ0) is 9.10. The molecular weight excluding hydrogens is 164 g/mol. The molecule has 1 atom stereocenters. The van der Waals surface area contributed by atoms with Gasteiger partial charge in [0.25, 0.3) is 0 Å². The van der Waals surface area contributed by atoms with Gasteiger partial charge in [-0.2, -0.15) is 0 Å². The van der Waals surface area contributed by atoms with Gasteiger partial charge in [0.05, 0.1) is 6.33 Å². The standard InChI is InChI=1S/C9H16N4/c10-13-4-1-2-9(7-13)6-12-5-3-11-8-12/h3,5,8-9H,1-2,4,6-7,10H2. The Hall–Kier alpha value is -0.870. The molecule has 0 aromatic carbocycles. The van der Waals surface area contributed by atoms with Crippen molar-refractivity contribution < 1.29 is 0 Å². The molecule has 0 saturated carbocycles. The van der Waals surface area contributed by atoms with Gasteiger partial charge < -0.3 is 4.57 Å². The predicted octanol–water partition coefficient (Wildman–Crippen LogP) is 0.469. The molecule has 1 fully saturated rings. The molecule has 0 radical (unpaired) electrons. The van der Waals surface area contributed by atoms with Crippen molar-refractivity contribution in [1.82, 2.24) is 14.6 Å². The second-order valence-electron chi connectivity index (χ2n) is 3.76. The normalized spacial score (nSPS) is 24.8. The first-order valence-electron chi connectivity index (χ1n) is 4.80. The number of rotatable bonds is 2. The quantitative estimate of drug-likeness (QED) is 0.673. The van der Waals surface area contributed by atoms with E-state index >= 15 is 0 Å². The van der Waals surface area contributed by atoms with Crippen LogP contribution in [0.2, 0.25) is 0 Å². The van der Waals surface area contributed by atoms with Crippen molar-refractivity contribution in [3.63, 3.8) is 0 Å². The molecule has 1 aliphatic heterocycles. The molecular formula is C9H16N4. The molecule has 72 valence electrons. The Morgan fingerprint density at radius 1 is 1.54 bits per heavy atom. The summed E-state index contributed by atoms with van der Waals surface area (Å²) in [5.41, 5.74) is 0. The van der Waals surface area contributed by atoms with E-state index < -0.39 is 0 Å². The van der Waals surface area contributed by atoms with Crippen LogP contribution in [0.25, 0.3) is 0 Å². The highest BCUT2D eigenvalue weighted by molar-refractivity contribution is 4.77. The van der Waals surface area contributed by atoms with Crippen LogP contribution in [0.3, 0.4) is 0 Å². The molecule has 0 bridgehead atoms. The van der Waals surface area contributed by atoms with E-state index in [4.69, 9.17) is 5.84 Å². The van der Waals surface area contributed by atoms with Gasteiger partial charge in [0, 0.05) is 32.0 Å². The SMILES string of the molecule is NN1CCCC(Cn2ccnc2)C1. The minimum atomic E-state index is 0.688. The first kappa shape index (κ1) is 8.72. The number of hydrazine groups is 1. The van der Waals surface area contributed by atoms with Crippen LogP contribution < -0.4 is 5.84 Å². The van der Waals surface area contributed by atoms with Crippen molar-refractivity contribution in [3.8, 4) is 0 Å². The van der Waals surface area contributed by atoms with Crippen LogP contribution in [0.5, 0.6) is 0 Å². The fourth-order valence-electron chi connectivity index (χ4n) is 1.94. The zero-order valence-electron chi connectivity index (χ0n) is 7.76. The smallest absolute Gasteiger partial charge is 0.0946 e. The van der Waals surface area contributed by atoms with Crippen molar-refractivity contribution in [2.24, 2.45) is 11.8 Å². The van der Waals surface area contributed by atoms with Crippen molar-refractivity contribution in [1.29, 1.82) is 0 Å². The molecule has 0 spiro atoms. The van der Waals surface area contributed by atoms with Gasteiger partial charge in [0.1, 0.15) is 0 Å². The van der Waals surface area contributed by atoms with Gasteiger partial charge in [-0.05, 0) is 18.8 Å². The topological polar surface area (TPSA) is 47.1 Å². The largest absolute Gasteiger partial charge is 0.337 e. The lowest BCUT2D eigenvalue weighted by molar-refractivity contribution is 0.165. The Morgan fingerprint density at radius 2 is 2.46 bits per heavy atom. The minimum absolute atomic E-state index is 0.688. The van der Waals surface area contributed by atoms with Crippen LogP contribution in [-0.2, 0) is 6.54 Å². The molecule has 4 heteroatoms. The van der Waals surface area contributed by atoms with E-state index in [0.717, 1.165) is 19.6 Å². The van der Waals surface area contributed by atoms with Crippen molar-refractivity contribution in [3.05, 3.63) is 18.7 Å². The maximum atomic E-state index is 5.76. The van der Waals surface area contributed by atoms with Crippen LogP contribution in [0.15, 0.2) is 18.7 Å². The van der Waals surface area contributed by atoms with Crippen LogP contribution in [-0.4, -0.2) is 27.6 Å². The van der Waals surface area contributed by atoms with E-state index in [-0.39, 0.29) is 0 Å². The monoisotopic (exact) mass is 180 g/mol. The lowest BCUT2D eigenvalue weighted by Gasteiger charge is -2.29. The molecule has 1 aromatic heterocycles. The number of nitrogens with two attached hydrogens (primary N) is 1. The Labute approximate surface area is 78.3 Å². The Balaban J connectivity index is 1.87. The molecule has 2 rings (SSSR count). The second-order valence-corrected chi connectivity index (χ2v) is 3.76. The number of nitrogens with zero attached hydrogens (tertiary/aromatic N) is 3. The highest BCUT2D eigenvalue weighted by Gasteiger charge is 2.17. The van der Waals surface area contributed by atoms with Crippen LogP contribution in [0.1, 0.15) is 12.8 Å². The molecule has 1 unspecified atom stereocenters. The fourth-order valence-corrected chi connectivity index (χ4v) is 1.94. The van der Waals surface area contributed by atoms with E-state index in [1.165, 1.54) is 12.8 Å². The third-order valence-electron chi connectivity index (χ3n) is 2.58. The molecule has 2 N–H and O–H groups in total. The van der Waals surface area contributed by atoms with Gasteiger partial charge in [0.15, 0.2) is 0 Å². The Morgan fingerprint density at radius 3 is 3.15 bits per heavy atom. The van der Waals surface area contributed by atoms with E-state index in [1.54, 1.807) is 0 Å². The van der Waals surface area contributed by atoms with E-state index in [9.17, 15) is 0 Å². The maximum Gasteiger partial charge on any atom is 0.0946 e. The van der Waals surface area contributed by atoms with Crippen molar-refractivity contribution >= 4 is 0 Å². The fraction of sp³-hybridized carbons (Fsp3) is 0.667. The number of imidazole rings is 1. The number of hydrogen-bond acceptors (Lipinski definition) is 3. The predicted molar refractivity (Wildman–Crippen MR) is 50.7 cm³/mol. The van der Waals surface area contributed by atoms with Gasteiger partial charge in [-0.1, -0.05) is 0 Å². The molecule has 2 heterocycles. The summed E-state index contributed by atoms with van der Waals surface area (Å²) in [5.74, 6) is 6.45. The number of piperidine rings is 1. The first-order chi connectivity index (χ1) is 6.34. The van der Waals surface area contributed by atoms with Crippen LogP contribution in [0, 0.1) is 5.92 Å². The minimum Gasteiger partial charge on any atom is -0.337 e. The molecule has 0 amide bonds. The molecule has 1 aliphatic rings. The summed E-state index contributed by atoms with van der Waals surface area (Å²) in [7, 11) is 0. The van der Waals surface area contributed by atoms with Gasteiger partial charge >= 0.3 is 0 Å². The van der Waals surface area contributed by atoms with Crippen molar-refractivity contribution in [2.75, 3.05) is 13.1 Å². The maximum absolute atomic E-state index is 5.76. The summed E-state index contributed by atoms with van der Waals surface area (Å²) in [5, 5.41) is 1.92. The molecule has 4 nitrogen and oxygen atoms in total. The lowest BCUT2D eigenvalue weighted by Crippen LogP contribution is -2.41. The van der Waals surface area contributed by atoms with Gasteiger partial charge in [-0.15, -0.1) is 0 Å². The van der Waals surface area contributed by atoms with E-state index in [1.807, 2.05) is 23.7 Å². The summed E-state index contributed by atoms with van der Waals surface area (Å²) in [6.07, 6.45) is 8.20. The molecule has 13 heavy (non-hydrogen) atoms. The van der Waals surface area contributed by atoms with E-state index in [2.05, 4.69) is 9.55 Å². The highest BCUT2D eigenvalue weighted by atomic mass is 15.4. The van der Waals surface area contributed by atoms with E-state index in [0.29, 0.717) is 5.92 Å². The summed E-state index contributed by atoms with van der Waals surface area (Å²) in [6.45, 7) is 3.10. The highest BCUT2D eigenvalue weighted by Crippen LogP contribution is 2.15. The molecule has 0 aliphatic carbocycles. The van der Waals surface area contributed by atoms with Crippen molar-refractivity contribution in [2.45, 2.75) is 19.4 Å². The Kier molecular flexibility index (Phi) is 2.61.